The van der Waals surface area contributed by atoms with Gasteiger partial charge in [-0.15, -0.1) is 0 Å². The molecule has 2 unspecified atom stereocenters. The Morgan fingerprint density at radius 2 is 1.72 bits per heavy atom. The molecular formula is C26H38N2O4. The Kier molecular flexibility index (Phi) is 7.84. The van der Waals surface area contributed by atoms with Crippen molar-refractivity contribution in [2.45, 2.75) is 94.9 Å². The highest BCUT2D eigenvalue weighted by molar-refractivity contribution is 5.78. The first-order chi connectivity index (χ1) is 15.5. The molecule has 2 aliphatic heterocycles. The van der Waals surface area contributed by atoms with Crippen molar-refractivity contribution in [2.24, 2.45) is 5.92 Å². The average molecular weight is 443 g/mol. The largest absolute Gasteiger partial charge is 0.462 e. The fourth-order valence-electron chi connectivity index (χ4n) is 6.15. The summed E-state index contributed by atoms with van der Waals surface area (Å²) in [6, 6.07) is 10.8. The van der Waals surface area contributed by atoms with Gasteiger partial charge in [0.1, 0.15) is 12.0 Å². The van der Waals surface area contributed by atoms with Crippen LogP contribution in [0.3, 0.4) is 0 Å². The third-order valence-electron chi connectivity index (χ3n) is 7.84. The zero-order valence-corrected chi connectivity index (χ0v) is 19.2. The van der Waals surface area contributed by atoms with Gasteiger partial charge in [0.25, 0.3) is 0 Å². The summed E-state index contributed by atoms with van der Waals surface area (Å²) in [5, 5.41) is 12.8. The number of fused-ring (bicyclic) bond motifs is 2. The maximum absolute atomic E-state index is 12.8. The zero-order chi connectivity index (χ0) is 22.5. The highest BCUT2D eigenvalue weighted by Gasteiger charge is 2.42. The van der Waals surface area contributed by atoms with E-state index in [0.29, 0.717) is 18.1 Å². The van der Waals surface area contributed by atoms with E-state index in [4.69, 9.17) is 4.74 Å². The number of nitrogens with zero attached hydrogens (tertiary/aromatic N) is 1. The number of nitrogens with one attached hydrogen (secondary N) is 1. The maximum Gasteiger partial charge on any atom is 0.316 e. The van der Waals surface area contributed by atoms with Crippen LogP contribution >= 0.6 is 0 Å². The van der Waals surface area contributed by atoms with Crippen molar-refractivity contribution in [3.05, 3.63) is 35.9 Å². The summed E-state index contributed by atoms with van der Waals surface area (Å²) in [4.78, 5) is 26.7. The second-order valence-corrected chi connectivity index (χ2v) is 10.0. The molecule has 176 valence electrons. The number of piperidine rings is 1. The van der Waals surface area contributed by atoms with E-state index in [1.54, 1.807) is 6.92 Å². The molecule has 4 atom stereocenters. The van der Waals surface area contributed by atoms with Gasteiger partial charge < -0.3 is 15.2 Å². The predicted octanol–water partition coefficient (Wildman–Crippen LogP) is 3.39. The number of benzene rings is 1. The lowest BCUT2D eigenvalue weighted by atomic mass is 9.83. The first-order valence-electron chi connectivity index (χ1n) is 12.4. The highest BCUT2D eigenvalue weighted by Crippen LogP contribution is 2.38. The second kappa shape index (κ2) is 10.8. The third kappa shape index (κ3) is 5.70. The Morgan fingerprint density at radius 1 is 1.06 bits per heavy atom. The van der Waals surface area contributed by atoms with Crippen LogP contribution in [0.1, 0.15) is 76.2 Å². The molecule has 0 radical (unpaired) electrons. The van der Waals surface area contributed by atoms with Gasteiger partial charge in [-0.05, 0) is 63.0 Å². The number of esters is 1. The summed E-state index contributed by atoms with van der Waals surface area (Å²) in [7, 11) is 0. The molecule has 1 saturated carbocycles. The van der Waals surface area contributed by atoms with Crippen LogP contribution in [0.15, 0.2) is 30.3 Å². The Morgan fingerprint density at radius 3 is 2.31 bits per heavy atom. The van der Waals surface area contributed by atoms with Crippen molar-refractivity contribution in [2.75, 3.05) is 13.2 Å². The lowest BCUT2D eigenvalue weighted by Crippen LogP contribution is -2.47. The minimum absolute atomic E-state index is 0.0397. The van der Waals surface area contributed by atoms with Gasteiger partial charge in [0.2, 0.25) is 5.91 Å². The predicted molar refractivity (Wildman–Crippen MR) is 123 cm³/mol. The van der Waals surface area contributed by atoms with Gasteiger partial charge >= 0.3 is 5.97 Å². The molecule has 3 aliphatic rings. The van der Waals surface area contributed by atoms with Gasteiger partial charge in [0.05, 0.1) is 6.61 Å². The standard InChI is InChI=1S/C26H38N2O4/c1-18(30)27-21-9-7-19(8-10-21)13-14-28-22-11-12-23(28)16-24(15-22)32-26(31)25(17-29)20-5-3-2-4-6-20/h2-6,19,21-25,29H,7-17H2,1H3,(H,27,30)/t19-,21-,22-,23+,24?,25?. The molecule has 4 rings (SSSR count). The van der Waals surface area contributed by atoms with E-state index in [9.17, 15) is 14.7 Å². The van der Waals surface area contributed by atoms with E-state index >= 15 is 0 Å². The molecule has 32 heavy (non-hydrogen) atoms. The van der Waals surface area contributed by atoms with Gasteiger partial charge in [0.15, 0.2) is 0 Å². The quantitative estimate of drug-likeness (QED) is 0.604. The lowest BCUT2D eigenvalue weighted by molar-refractivity contribution is -0.155. The molecule has 3 fully saturated rings. The molecule has 1 aliphatic carbocycles. The van der Waals surface area contributed by atoms with Crippen LogP contribution in [-0.4, -0.2) is 59.3 Å². The zero-order valence-electron chi connectivity index (χ0n) is 19.2. The number of amides is 1. The summed E-state index contributed by atoms with van der Waals surface area (Å²) >= 11 is 0. The fourth-order valence-corrected chi connectivity index (χ4v) is 6.15. The van der Waals surface area contributed by atoms with Crippen molar-refractivity contribution >= 4 is 11.9 Å². The number of ether oxygens (including phenoxy) is 1. The monoisotopic (exact) mass is 442 g/mol. The van der Waals surface area contributed by atoms with Crippen LogP contribution in [0.4, 0.5) is 0 Å². The van der Waals surface area contributed by atoms with Crippen molar-refractivity contribution in [1.82, 2.24) is 10.2 Å². The van der Waals surface area contributed by atoms with Crippen LogP contribution in [0.5, 0.6) is 0 Å². The molecule has 1 aromatic rings. The molecule has 1 amide bonds. The first-order valence-corrected chi connectivity index (χ1v) is 12.4. The maximum atomic E-state index is 12.8. The molecule has 2 bridgehead atoms. The first kappa shape index (κ1) is 23.2. The Bertz CT molecular complexity index is 748. The molecule has 2 N–H and O–H groups in total. The van der Waals surface area contributed by atoms with E-state index in [2.05, 4.69) is 10.2 Å². The van der Waals surface area contributed by atoms with E-state index in [1.165, 1.54) is 32.1 Å². The number of hydrogen-bond donors (Lipinski definition) is 2. The normalized spacial score (nSPS) is 31.1. The minimum atomic E-state index is -0.598. The molecule has 2 saturated heterocycles. The van der Waals surface area contributed by atoms with Gasteiger partial charge in [-0.1, -0.05) is 30.3 Å². The summed E-state index contributed by atoms with van der Waals surface area (Å²) in [5.74, 6) is -0.0548. The van der Waals surface area contributed by atoms with Crippen LogP contribution in [-0.2, 0) is 14.3 Å². The lowest BCUT2D eigenvalue weighted by Gasteiger charge is -2.40. The van der Waals surface area contributed by atoms with E-state index in [1.807, 2.05) is 30.3 Å². The van der Waals surface area contributed by atoms with Crippen molar-refractivity contribution in [1.29, 1.82) is 0 Å². The molecule has 2 heterocycles. The second-order valence-electron chi connectivity index (χ2n) is 10.0. The van der Waals surface area contributed by atoms with E-state index in [-0.39, 0.29) is 24.6 Å². The molecule has 6 nitrogen and oxygen atoms in total. The Hall–Kier alpha value is -1.92. The average Bonchev–Trinajstić information content (AvgIpc) is 3.02. The number of hydrogen-bond acceptors (Lipinski definition) is 5. The number of carbonyl (C=O) groups excluding carboxylic acids is 2. The topological polar surface area (TPSA) is 78.9 Å². The van der Waals surface area contributed by atoms with Crippen molar-refractivity contribution in [3.8, 4) is 0 Å². The number of carbonyl (C=O) groups is 2. The van der Waals surface area contributed by atoms with Crippen molar-refractivity contribution in [3.63, 3.8) is 0 Å². The highest BCUT2D eigenvalue weighted by atomic mass is 16.5. The molecule has 6 heteroatoms. The number of aliphatic hydroxyl groups excluding tert-OH is 1. The van der Waals surface area contributed by atoms with Crippen LogP contribution in [0, 0.1) is 5.92 Å². The third-order valence-corrected chi connectivity index (χ3v) is 7.84. The smallest absolute Gasteiger partial charge is 0.316 e. The Balaban J connectivity index is 1.23. The van der Waals surface area contributed by atoms with Gasteiger partial charge in [0, 0.05) is 37.9 Å². The number of aliphatic hydroxyl groups is 1. The number of rotatable bonds is 8. The molecular weight excluding hydrogens is 404 g/mol. The molecule has 0 spiro atoms. The molecule has 0 aromatic heterocycles. The van der Waals surface area contributed by atoms with E-state index in [0.717, 1.165) is 43.7 Å². The summed E-state index contributed by atoms with van der Waals surface area (Å²) in [6.45, 7) is 2.52. The fraction of sp³-hybridized carbons (Fsp3) is 0.692. The minimum Gasteiger partial charge on any atom is -0.462 e. The van der Waals surface area contributed by atoms with Gasteiger partial charge in [-0.3, -0.25) is 14.5 Å². The van der Waals surface area contributed by atoms with Crippen molar-refractivity contribution < 1.29 is 19.4 Å². The SMILES string of the molecule is CC(=O)N[C@H]1CC[C@H](CCN2[C@@H]3CC[C@H]2CC(OC(=O)C(CO)c2ccccc2)C3)CC1. The molecule has 1 aromatic carbocycles. The van der Waals surface area contributed by atoms with Crippen LogP contribution in [0.2, 0.25) is 0 Å². The summed E-state index contributed by atoms with van der Waals surface area (Å²) in [6.07, 6.45) is 9.99. The van der Waals surface area contributed by atoms with Crippen LogP contribution < -0.4 is 5.32 Å². The van der Waals surface area contributed by atoms with Gasteiger partial charge in [-0.25, -0.2) is 0 Å². The van der Waals surface area contributed by atoms with Crippen LogP contribution in [0.25, 0.3) is 0 Å². The van der Waals surface area contributed by atoms with E-state index < -0.39 is 5.92 Å². The summed E-state index contributed by atoms with van der Waals surface area (Å²) in [5.41, 5.74) is 0.814. The Labute approximate surface area is 191 Å². The summed E-state index contributed by atoms with van der Waals surface area (Å²) < 4.78 is 5.91. The van der Waals surface area contributed by atoms with Gasteiger partial charge in [-0.2, -0.15) is 0 Å².